The largest absolute Gasteiger partial charge is 0.370 e. The zero-order valence-corrected chi connectivity index (χ0v) is 18.3. The van der Waals surface area contributed by atoms with Gasteiger partial charge >= 0.3 is 0 Å². The van der Waals surface area contributed by atoms with Crippen LogP contribution in [0.4, 0.5) is 0 Å². The van der Waals surface area contributed by atoms with E-state index in [1.54, 1.807) is 0 Å². The highest BCUT2D eigenvalue weighted by molar-refractivity contribution is 5.81. The fraction of sp³-hybridized carbons (Fsp3) is 0.519. The van der Waals surface area contributed by atoms with E-state index in [0.29, 0.717) is 5.96 Å². The second kappa shape index (κ2) is 6.35. The molecule has 0 radical (unpaired) electrons. The molecule has 0 saturated heterocycles. The molecule has 1 heterocycles. The normalized spacial score (nSPS) is 36.9. The zero-order valence-electron chi connectivity index (χ0n) is 18.3. The highest BCUT2D eigenvalue weighted by Crippen LogP contribution is 2.67. The summed E-state index contributed by atoms with van der Waals surface area (Å²) in [6.45, 7) is 3.12. The first-order valence-corrected chi connectivity index (χ1v) is 11.7. The minimum atomic E-state index is -0.208. The summed E-state index contributed by atoms with van der Waals surface area (Å²) in [5, 5.41) is 0. The number of aliphatic imine (C=N–C) groups is 1. The van der Waals surface area contributed by atoms with E-state index in [2.05, 4.69) is 67.4 Å². The summed E-state index contributed by atoms with van der Waals surface area (Å²) in [5.41, 5.74) is 11.8. The number of rotatable bonds is 3. The Morgan fingerprint density at radius 3 is 2.20 bits per heavy atom. The van der Waals surface area contributed by atoms with Crippen molar-refractivity contribution in [2.75, 3.05) is 13.6 Å². The lowest BCUT2D eigenvalue weighted by Crippen LogP contribution is -2.57. The SMILES string of the molecule is Cc1ccccc1-c1cccc(C2(C34CC5CC(CC(C5)C3)C4)CN(C)C(N)=N2)c1. The van der Waals surface area contributed by atoms with Crippen molar-refractivity contribution in [1.82, 2.24) is 4.90 Å². The maximum atomic E-state index is 6.46. The number of aryl methyl sites for hydroxylation is 1. The minimum absolute atomic E-state index is 0.208. The standard InChI is InChI=1S/C27H33N3/c1-18-6-3-4-9-24(18)22-7-5-8-23(13-22)27(17-30(2)25(28)29-27)26-14-19-10-20(15-26)12-21(11-19)16-26/h3-9,13,19-21H,10-12,14-17H2,1-2H3,(H2,28,29). The Balaban J connectivity index is 1.51. The van der Waals surface area contributed by atoms with Crippen molar-refractivity contribution in [3.05, 3.63) is 59.7 Å². The van der Waals surface area contributed by atoms with Gasteiger partial charge in [0.05, 0.1) is 6.54 Å². The van der Waals surface area contributed by atoms with E-state index in [1.807, 2.05) is 0 Å². The van der Waals surface area contributed by atoms with Crippen LogP contribution in [0.2, 0.25) is 0 Å². The van der Waals surface area contributed by atoms with Gasteiger partial charge in [0.25, 0.3) is 0 Å². The lowest BCUT2D eigenvalue weighted by Gasteiger charge is -2.62. The van der Waals surface area contributed by atoms with E-state index < -0.39 is 0 Å². The molecule has 30 heavy (non-hydrogen) atoms. The second-order valence-corrected chi connectivity index (χ2v) is 10.8. The van der Waals surface area contributed by atoms with Crippen LogP contribution >= 0.6 is 0 Å². The van der Waals surface area contributed by atoms with Gasteiger partial charge in [0.1, 0.15) is 5.54 Å². The monoisotopic (exact) mass is 399 g/mol. The molecular formula is C27H33N3. The fourth-order valence-corrected chi connectivity index (χ4v) is 7.95. The molecule has 0 amide bonds. The smallest absolute Gasteiger partial charge is 0.192 e. The third-order valence-electron chi connectivity index (χ3n) is 8.87. The summed E-state index contributed by atoms with van der Waals surface area (Å²) in [4.78, 5) is 7.53. The molecule has 2 aromatic carbocycles. The van der Waals surface area contributed by atoms with Crippen molar-refractivity contribution in [2.24, 2.45) is 33.9 Å². The van der Waals surface area contributed by atoms with Gasteiger partial charge in [-0.15, -0.1) is 0 Å². The first kappa shape index (κ1) is 18.5. The summed E-state index contributed by atoms with van der Waals surface area (Å²) in [7, 11) is 2.12. The Hall–Kier alpha value is -2.29. The molecule has 2 aromatic rings. The summed E-state index contributed by atoms with van der Waals surface area (Å²) >= 11 is 0. The molecule has 5 aliphatic rings. The highest BCUT2D eigenvalue weighted by atomic mass is 15.3. The Labute approximate surface area is 180 Å². The average Bonchev–Trinajstić information content (AvgIpc) is 3.04. The van der Waals surface area contributed by atoms with Gasteiger partial charge in [-0.1, -0.05) is 42.5 Å². The van der Waals surface area contributed by atoms with Crippen molar-refractivity contribution in [2.45, 2.75) is 51.0 Å². The van der Waals surface area contributed by atoms with Crippen molar-refractivity contribution in [3.8, 4) is 11.1 Å². The molecule has 0 spiro atoms. The first-order valence-electron chi connectivity index (χ1n) is 11.7. The molecule has 7 rings (SSSR count). The van der Waals surface area contributed by atoms with E-state index in [4.69, 9.17) is 10.7 Å². The van der Waals surface area contributed by atoms with E-state index in [9.17, 15) is 0 Å². The van der Waals surface area contributed by atoms with Crippen LogP contribution in [0, 0.1) is 30.1 Å². The highest BCUT2D eigenvalue weighted by Gasteiger charge is 2.63. The van der Waals surface area contributed by atoms with Crippen LogP contribution < -0.4 is 5.73 Å². The fourth-order valence-electron chi connectivity index (χ4n) is 7.95. The summed E-state index contributed by atoms with van der Waals surface area (Å²) in [6, 6.07) is 18.0. The second-order valence-electron chi connectivity index (χ2n) is 10.8. The predicted molar refractivity (Wildman–Crippen MR) is 123 cm³/mol. The Bertz CT molecular complexity index is 987. The molecule has 4 saturated carbocycles. The van der Waals surface area contributed by atoms with Crippen LogP contribution in [0.25, 0.3) is 11.1 Å². The number of hydrogen-bond acceptors (Lipinski definition) is 3. The molecule has 4 bridgehead atoms. The number of nitrogens with two attached hydrogens (primary N) is 1. The van der Waals surface area contributed by atoms with Crippen molar-refractivity contribution in [3.63, 3.8) is 0 Å². The van der Waals surface area contributed by atoms with E-state index in [-0.39, 0.29) is 11.0 Å². The Morgan fingerprint density at radius 2 is 1.60 bits per heavy atom. The molecule has 1 unspecified atom stereocenters. The van der Waals surface area contributed by atoms with Crippen molar-refractivity contribution < 1.29 is 0 Å². The quantitative estimate of drug-likeness (QED) is 0.757. The molecule has 0 aromatic heterocycles. The number of nitrogens with zero attached hydrogens (tertiary/aromatic N) is 2. The lowest BCUT2D eigenvalue weighted by molar-refractivity contribution is -0.0987. The third kappa shape index (κ3) is 2.53. The molecule has 3 nitrogen and oxygen atoms in total. The third-order valence-corrected chi connectivity index (χ3v) is 8.87. The topological polar surface area (TPSA) is 41.6 Å². The van der Waals surface area contributed by atoms with Crippen LogP contribution in [0.15, 0.2) is 53.5 Å². The molecule has 2 N–H and O–H groups in total. The molecule has 4 aliphatic carbocycles. The van der Waals surface area contributed by atoms with Crippen LogP contribution in [0.5, 0.6) is 0 Å². The van der Waals surface area contributed by atoms with Gasteiger partial charge in [0.15, 0.2) is 5.96 Å². The number of guanidine groups is 1. The zero-order chi connectivity index (χ0) is 20.5. The molecule has 3 heteroatoms. The Kier molecular flexibility index (Phi) is 3.91. The summed E-state index contributed by atoms with van der Waals surface area (Å²) < 4.78 is 0. The van der Waals surface area contributed by atoms with Crippen LogP contribution in [-0.4, -0.2) is 24.5 Å². The summed E-state index contributed by atoms with van der Waals surface area (Å²) in [5.74, 6) is 3.41. The van der Waals surface area contributed by atoms with Crippen LogP contribution in [-0.2, 0) is 5.54 Å². The van der Waals surface area contributed by atoms with Crippen LogP contribution in [0.3, 0.4) is 0 Å². The van der Waals surface area contributed by atoms with Crippen LogP contribution in [0.1, 0.15) is 49.7 Å². The maximum Gasteiger partial charge on any atom is 0.192 e. The van der Waals surface area contributed by atoms with Gasteiger partial charge in [0, 0.05) is 12.5 Å². The minimum Gasteiger partial charge on any atom is -0.370 e. The van der Waals surface area contributed by atoms with E-state index in [1.165, 1.54) is 60.8 Å². The van der Waals surface area contributed by atoms with Gasteiger partial charge < -0.3 is 10.6 Å². The number of hydrogen-bond donors (Lipinski definition) is 1. The van der Waals surface area contributed by atoms with Gasteiger partial charge in [0.2, 0.25) is 0 Å². The molecule has 156 valence electrons. The maximum absolute atomic E-state index is 6.46. The van der Waals surface area contributed by atoms with Crippen molar-refractivity contribution in [1.29, 1.82) is 0 Å². The lowest BCUT2D eigenvalue weighted by atomic mass is 9.44. The first-order chi connectivity index (χ1) is 14.5. The number of likely N-dealkylation sites (N-methyl/N-ethyl adjacent to an activating group) is 1. The molecule has 1 aliphatic heterocycles. The van der Waals surface area contributed by atoms with Gasteiger partial charge in [-0.25, -0.2) is 4.99 Å². The van der Waals surface area contributed by atoms with Crippen molar-refractivity contribution >= 4 is 5.96 Å². The summed E-state index contributed by atoms with van der Waals surface area (Å²) in [6.07, 6.45) is 8.35. The van der Waals surface area contributed by atoms with E-state index in [0.717, 1.165) is 24.3 Å². The Morgan fingerprint density at radius 1 is 0.933 bits per heavy atom. The van der Waals surface area contributed by atoms with Gasteiger partial charge in [-0.05, 0) is 91.5 Å². The van der Waals surface area contributed by atoms with Gasteiger partial charge in [-0.2, -0.15) is 0 Å². The molecule has 1 atom stereocenters. The predicted octanol–water partition coefficient (Wildman–Crippen LogP) is 5.33. The molecular weight excluding hydrogens is 366 g/mol. The van der Waals surface area contributed by atoms with Gasteiger partial charge in [-0.3, -0.25) is 0 Å². The average molecular weight is 400 g/mol. The van der Waals surface area contributed by atoms with E-state index >= 15 is 0 Å². The number of benzene rings is 2. The molecule has 4 fully saturated rings.